The molecule has 0 saturated heterocycles. The lowest BCUT2D eigenvalue weighted by molar-refractivity contribution is 0.0888. The number of rotatable bonds is 2. The molecule has 0 bridgehead atoms. The van der Waals surface area contributed by atoms with Gasteiger partial charge in [0.2, 0.25) is 0 Å². The molecule has 2 N–H and O–H groups in total. The number of nitrogens with zero attached hydrogens (tertiary/aromatic N) is 2. The number of nitrogens with one attached hydrogen (secondary N) is 2. The molecular formula is C14H13ClN4OS. The number of halogens is 1. The van der Waals surface area contributed by atoms with Gasteiger partial charge in [0.05, 0.1) is 5.56 Å². The smallest absolute Gasteiger partial charge is 0.271 e. The Morgan fingerprint density at radius 3 is 2.62 bits per heavy atom. The van der Waals surface area contributed by atoms with Crippen molar-refractivity contribution in [2.45, 2.75) is 0 Å². The summed E-state index contributed by atoms with van der Waals surface area (Å²) in [5, 5.41) is 5.42. The number of benzene rings is 1. The number of hydrogen-bond donors (Lipinski definition) is 2. The number of hydrazine groups is 1. The molecule has 2 aromatic rings. The number of thiocarbonyl (C=S) groups is 1. The van der Waals surface area contributed by atoms with Crippen LogP contribution in [-0.4, -0.2) is 28.1 Å². The van der Waals surface area contributed by atoms with Crippen LogP contribution in [-0.2, 0) is 0 Å². The molecular weight excluding hydrogens is 308 g/mol. The highest BCUT2D eigenvalue weighted by molar-refractivity contribution is 7.80. The summed E-state index contributed by atoms with van der Waals surface area (Å²) in [6.45, 7) is 0. The quantitative estimate of drug-likeness (QED) is 0.658. The van der Waals surface area contributed by atoms with Crippen LogP contribution in [0.2, 0.25) is 5.02 Å². The molecule has 0 spiro atoms. The summed E-state index contributed by atoms with van der Waals surface area (Å²) in [5.41, 5.74) is 3.89. The highest BCUT2D eigenvalue weighted by Crippen LogP contribution is 2.13. The Morgan fingerprint density at radius 1 is 1.29 bits per heavy atom. The molecule has 108 valence electrons. The first-order chi connectivity index (χ1) is 10.1. The monoisotopic (exact) mass is 320 g/mol. The number of anilines is 1. The molecule has 5 nitrogen and oxygen atoms in total. The number of hydrogen-bond acceptors (Lipinski definition) is 3. The van der Waals surface area contributed by atoms with Gasteiger partial charge in [-0.3, -0.25) is 20.2 Å². The van der Waals surface area contributed by atoms with Crippen molar-refractivity contribution < 1.29 is 4.79 Å². The zero-order valence-electron chi connectivity index (χ0n) is 11.2. The summed E-state index contributed by atoms with van der Waals surface area (Å²) >= 11 is 11.0. The molecule has 0 aliphatic carbocycles. The van der Waals surface area contributed by atoms with Crippen molar-refractivity contribution in [3.05, 3.63) is 59.4 Å². The summed E-state index contributed by atoms with van der Waals surface area (Å²) in [4.78, 5) is 15.9. The second-order valence-corrected chi connectivity index (χ2v) is 5.00. The van der Waals surface area contributed by atoms with Crippen LogP contribution in [0.15, 0.2) is 48.8 Å². The minimum Gasteiger partial charge on any atom is -0.331 e. The van der Waals surface area contributed by atoms with E-state index >= 15 is 0 Å². The SMILES string of the molecule is CN(NC(=O)c1cccnc1)C(=S)Nc1ccc(Cl)cc1. The molecule has 1 aromatic heterocycles. The Labute approximate surface area is 132 Å². The lowest BCUT2D eigenvalue weighted by Gasteiger charge is -2.21. The molecule has 1 heterocycles. The Morgan fingerprint density at radius 2 is 2.00 bits per heavy atom. The highest BCUT2D eigenvalue weighted by Gasteiger charge is 2.10. The first-order valence-corrected chi connectivity index (χ1v) is 6.86. The van der Waals surface area contributed by atoms with Crippen LogP contribution >= 0.6 is 23.8 Å². The maximum absolute atomic E-state index is 12.0. The highest BCUT2D eigenvalue weighted by atomic mass is 35.5. The molecule has 7 heteroatoms. The van der Waals surface area contributed by atoms with E-state index in [9.17, 15) is 4.79 Å². The Kier molecular flexibility index (Phi) is 5.08. The van der Waals surface area contributed by atoms with Crippen LogP contribution in [0.3, 0.4) is 0 Å². The maximum atomic E-state index is 12.0. The lowest BCUT2D eigenvalue weighted by Crippen LogP contribution is -2.45. The fraction of sp³-hybridized carbons (Fsp3) is 0.0714. The Bertz CT molecular complexity index is 633. The van der Waals surface area contributed by atoms with E-state index in [4.69, 9.17) is 23.8 Å². The van der Waals surface area contributed by atoms with Gasteiger partial charge in [-0.15, -0.1) is 0 Å². The maximum Gasteiger partial charge on any atom is 0.271 e. The minimum absolute atomic E-state index is 0.286. The third kappa shape index (κ3) is 4.40. The van der Waals surface area contributed by atoms with Crippen molar-refractivity contribution in [2.24, 2.45) is 0 Å². The molecule has 0 radical (unpaired) electrons. The van der Waals surface area contributed by atoms with Gasteiger partial charge < -0.3 is 5.32 Å². The zero-order chi connectivity index (χ0) is 15.2. The van der Waals surface area contributed by atoms with Gasteiger partial charge in [0.1, 0.15) is 0 Å². The molecule has 0 unspecified atom stereocenters. The van der Waals surface area contributed by atoms with Gasteiger partial charge in [-0.05, 0) is 48.6 Å². The van der Waals surface area contributed by atoms with Crippen LogP contribution in [0.4, 0.5) is 5.69 Å². The van der Waals surface area contributed by atoms with Crippen LogP contribution in [0.1, 0.15) is 10.4 Å². The lowest BCUT2D eigenvalue weighted by atomic mass is 10.3. The summed E-state index contributed by atoms with van der Waals surface area (Å²) in [5.74, 6) is -0.286. The zero-order valence-corrected chi connectivity index (χ0v) is 12.8. The van der Waals surface area contributed by atoms with Crippen LogP contribution in [0.25, 0.3) is 0 Å². The first-order valence-electron chi connectivity index (χ1n) is 6.07. The van der Waals surface area contributed by atoms with E-state index in [0.29, 0.717) is 15.7 Å². The summed E-state index contributed by atoms with van der Waals surface area (Å²) in [7, 11) is 1.65. The van der Waals surface area contributed by atoms with E-state index < -0.39 is 0 Å². The molecule has 1 aromatic carbocycles. The largest absolute Gasteiger partial charge is 0.331 e. The summed E-state index contributed by atoms with van der Waals surface area (Å²) in [6, 6.07) is 10.5. The van der Waals surface area contributed by atoms with Crippen LogP contribution in [0, 0.1) is 0 Å². The molecule has 0 fully saturated rings. The number of pyridine rings is 1. The van der Waals surface area contributed by atoms with E-state index in [1.54, 1.807) is 49.6 Å². The number of amides is 1. The second kappa shape index (κ2) is 7.01. The number of carbonyl (C=O) groups is 1. The third-order valence-electron chi connectivity index (χ3n) is 2.59. The second-order valence-electron chi connectivity index (χ2n) is 4.18. The van der Waals surface area contributed by atoms with Crippen molar-refractivity contribution in [3.63, 3.8) is 0 Å². The number of aromatic nitrogens is 1. The van der Waals surface area contributed by atoms with Gasteiger partial charge in [-0.25, -0.2) is 0 Å². The van der Waals surface area contributed by atoms with Crippen LogP contribution < -0.4 is 10.7 Å². The van der Waals surface area contributed by atoms with Crippen molar-refractivity contribution >= 4 is 40.5 Å². The molecule has 0 aliphatic heterocycles. The van der Waals surface area contributed by atoms with Gasteiger partial charge >= 0.3 is 0 Å². The van der Waals surface area contributed by atoms with Crippen molar-refractivity contribution in [3.8, 4) is 0 Å². The molecule has 2 rings (SSSR count). The van der Waals surface area contributed by atoms with E-state index in [0.717, 1.165) is 5.69 Å². The van der Waals surface area contributed by atoms with Crippen LogP contribution in [0.5, 0.6) is 0 Å². The summed E-state index contributed by atoms with van der Waals surface area (Å²) in [6.07, 6.45) is 3.09. The molecule has 21 heavy (non-hydrogen) atoms. The Balaban J connectivity index is 1.93. The van der Waals surface area contributed by atoms with Crippen molar-refractivity contribution in [1.82, 2.24) is 15.4 Å². The predicted molar refractivity (Wildman–Crippen MR) is 87.1 cm³/mol. The fourth-order valence-electron chi connectivity index (χ4n) is 1.51. The minimum atomic E-state index is -0.286. The topological polar surface area (TPSA) is 57.3 Å². The van der Waals surface area contributed by atoms with Crippen molar-refractivity contribution in [1.29, 1.82) is 0 Å². The third-order valence-corrected chi connectivity index (χ3v) is 3.22. The van der Waals surface area contributed by atoms with E-state index in [1.165, 1.54) is 11.2 Å². The summed E-state index contributed by atoms with van der Waals surface area (Å²) < 4.78 is 0. The van der Waals surface area contributed by atoms with Crippen molar-refractivity contribution in [2.75, 3.05) is 12.4 Å². The van der Waals surface area contributed by atoms with E-state index in [-0.39, 0.29) is 5.91 Å². The first kappa shape index (κ1) is 15.2. The van der Waals surface area contributed by atoms with Gasteiger partial charge in [0.25, 0.3) is 5.91 Å². The molecule has 1 amide bonds. The average Bonchev–Trinajstić information content (AvgIpc) is 2.50. The van der Waals surface area contributed by atoms with Gasteiger partial charge in [0.15, 0.2) is 5.11 Å². The van der Waals surface area contributed by atoms with Gasteiger partial charge in [-0.2, -0.15) is 0 Å². The number of carbonyl (C=O) groups excluding carboxylic acids is 1. The standard InChI is InChI=1S/C14H13ClN4OS/c1-19(18-13(20)10-3-2-8-16-9-10)14(21)17-12-6-4-11(15)5-7-12/h2-9H,1H3,(H,17,21)(H,18,20). The van der Waals surface area contributed by atoms with Gasteiger partial charge in [-0.1, -0.05) is 11.6 Å². The molecule has 0 saturated carbocycles. The normalized spacial score (nSPS) is 9.81. The van der Waals surface area contributed by atoms with Gasteiger partial charge in [0, 0.05) is 30.2 Å². The average molecular weight is 321 g/mol. The van der Waals surface area contributed by atoms with E-state index in [2.05, 4.69) is 15.7 Å². The molecule has 0 atom stereocenters. The Hall–Kier alpha value is -2.18. The predicted octanol–water partition coefficient (Wildman–Crippen LogP) is 2.71. The van der Waals surface area contributed by atoms with E-state index in [1.807, 2.05) is 0 Å². The molecule has 0 aliphatic rings. The fourth-order valence-corrected chi connectivity index (χ4v) is 1.79.